The Morgan fingerprint density at radius 1 is 1.10 bits per heavy atom. The van der Waals surface area contributed by atoms with E-state index in [4.69, 9.17) is 27.9 Å². The number of alkyl halides is 3. The molecule has 2 heterocycles. The maximum absolute atomic E-state index is 13.2. The summed E-state index contributed by atoms with van der Waals surface area (Å²) < 4.78 is 47.6. The average molecular weight is 585 g/mol. The van der Waals surface area contributed by atoms with Crippen LogP contribution in [0.5, 0.6) is 0 Å². The van der Waals surface area contributed by atoms with Gasteiger partial charge in [0.2, 0.25) is 0 Å². The summed E-state index contributed by atoms with van der Waals surface area (Å²) in [5.41, 5.74) is -0.227. The van der Waals surface area contributed by atoms with Crippen molar-refractivity contribution in [3.63, 3.8) is 0 Å². The average Bonchev–Trinajstić information content (AvgIpc) is 3.41. The van der Waals surface area contributed by atoms with E-state index in [1.165, 1.54) is 35.9 Å². The second kappa shape index (κ2) is 11.2. The highest BCUT2D eigenvalue weighted by Crippen LogP contribution is 2.26. The van der Waals surface area contributed by atoms with Gasteiger partial charge in [-0.05, 0) is 43.3 Å². The number of aliphatic hydroxyl groups excluding tert-OH is 1. The molecule has 0 aliphatic heterocycles. The summed E-state index contributed by atoms with van der Waals surface area (Å²) in [7, 11) is 0. The summed E-state index contributed by atoms with van der Waals surface area (Å²) in [5.74, 6) is -0.469. The zero-order valence-corrected chi connectivity index (χ0v) is 21.9. The molecule has 0 aliphatic rings. The molecule has 1 N–H and O–H groups in total. The van der Waals surface area contributed by atoms with Gasteiger partial charge in [-0.3, -0.25) is 9.36 Å². The van der Waals surface area contributed by atoms with E-state index in [2.05, 4.69) is 15.2 Å². The summed E-state index contributed by atoms with van der Waals surface area (Å²) in [4.78, 5) is 29.2. The standard InChI is InChI=1S/C24H21Cl2F3N6O4/c1-13(39-14(2)36)21-30-20(31-35(21)18-6-4-3-5-17(18)26)12-34-23(38)33(11-19(37)24(27,28)29)22(32-34)15-7-9-16(25)10-8-15/h3-10,13,19,37H,11-12H2,1-2H3/t13-,19-/m1/s1. The number of para-hydroxylation sites is 1. The molecule has 0 radical (unpaired) electrons. The van der Waals surface area contributed by atoms with Gasteiger partial charge in [-0.15, -0.1) is 10.2 Å². The Bertz CT molecular complexity index is 1550. The Balaban J connectivity index is 1.79. The number of carbonyl (C=O) groups is 1. The molecule has 15 heteroatoms. The van der Waals surface area contributed by atoms with Crippen molar-refractivity contribution in [2.24, 2.45) is 0 Å². The lowest BCUT2D eigenvalue weighted by Crippen LogP contribution is -2.37. The Hall–Kier alpha value is -3.68. The summed E-state index contributed by atoms with van der Waals surface area (Å²) in [6.45, 7) is 1.36. The minimum Gasteiger partial charge on any atom is -0.455 e. The van der Waals surface area contributed by atoms with E-state index in [1.807, 2.05) is 0 Å². The van der Waals surface area contributed by atoms with Crippen molar-refractivity contribution in [1.29, 1.82) is 0 Å². The normalized spacial score (nSPS) is 13.3. The number of carbonyl (C=O) groups excluding carboxylic acids is 1. The highest BCUT2D eigenvalue weighted by atomic mass is 35.5. The van der Waals surface area contributed by atoms with Crippen LogP contribution in [0.1, 0.15) is 31.6 Å². The van der Waals surface area contributed by atoms with Crippen LogP contribution in [-0.2, 0) is 22.6 Å². The maximum Gasteiger partial charge on any atom is 0.416 e. The summed E-state index contributed by atoms with van der Waals surface area (Å²) in [6.07, 6.45) is -8.64. The summed E-state index contributed by atoms with van der Waals surface area (Å²) >= 11 is 12.3. The SMILES string of the molecule is CC(=O)O[C@H](C)c1nc(Cn2nc(-c3ccc(Cl)cc3)n(C[C@@H](O)C(F)(F)F)c2=O)nn1-c1ccccc1Cl. The number of hydrogen-bond donors (Lipinski definition) is 1. The third-order valence-corrected chi connectivity index (χ3v) is 6.08. The fraction of sp³-hybridized carbons (Fsp3) is 0.292. The van der Waals surface area contributed by atoms with Crippen molar-refractivity contribution >= 4 is 29.2 Å². The largest absolute Gasteiger partial charge is 0.455 e. The number of ether oxygens (including phenoxy) is 1. The molecule has 2 atom stereocenters. The number of rotatable bonds is 8. The van der Waals surface area contributed by atoms with Crippen LogP contribution in [0.2, 0.25) is 10.0 Å². The minimum atomic E-state index is -4.96. The molecule has 2 aromatic carbocycles. The Morgan fingerprint density at radius 2 is 1.77 bits per heavy atom. The van der Waals surface area contributed by atoms with Crippen LogP contribution < -0.4 is 5.69 Å². The quantitative estimate of drug-likeness (QED) is 0.308. The van der Waals surface area contributed by atoms with Gasteiger partial charge in [-0.2, -0.15) is 13.2 Å². The molecule has 0 aliphatic carbocycles. The molecule has 0 bridgehead atoms. The van der Waals surface area contributed by atoms with Gasteiger partial charge in [0, 0.05) is 17.5 Å². The number of aromatic nitrogens is 6. The van der Waals surface area contributed by atoms with E-state index >= 15 is 0 Å². The monoisotopic (exact) mass is 584 g/mol. The lowest BCUT2D eigenvalue weighted by molar-refractivity contribution is -0.207. The Kier molecular flexibility index (Phi) is 8.14. The van der Waals surface area contributed by atoms with Gasteiger partial charge >= 0.3 is 17.8 Å². The highest BCUT2D eigenvalue weighted by Gasteiger charge is 2.39. The fourth-order valence-electron chi connectivity index (χ4n) is 3.73. The lowest BCUT2D eigenvalue weighted by atomic mass is 10.2. The molecular weight excluding hydrogens is 564 g/mol. The van der Waals surface area contributed by atoms with Gasteiger partial charge in [0.05, 0.1) is 17.3 Å². The number of halogens is 5. The molecule has 206 valence electrons. The van der Waals surface area contributed by atoms with Crippen molar-refractivity contribution in [2.45, 2.75) is 45.3 Å². The van der Waals surface area contributed by atoms with Crippen LogP contribution in [0.15, 0.2) is 53.3 Å². The number of nitrogens with zero attached hydrogens (tertiary/aromatic N) is 6. The Labute approximate surface area is 229 Å². The van der Waals surface area contributed by atoms with E-state index in [0.29, 0.717) is 21.3 Å². The van der Waals surface area contributed by atoms with Crippen LogP contribution in [0.4, 0.5) is 13.2 Å². The van der Waals surface area contributed by atoms with E-state index in [0.717, 1.165) is 9.25 Å². The minimum absolute atomic E-state index is 0.0368. The molecule has 10 nitrogen and oxygen atoms in total. The van der Waals surface area contributed by atoms with E-state index in [-0.39, 0.29) is 24.0 Å². The second-order valence-corrected chi connectivity index (χ2v) is 9.28. The molecule has 0 fully saturated rings. The number of benzene rings is 2. The van der Waals surface area contributed by atoms with Gasteiger partial charge in [0.15, 0.2) is 29.7 Å². The molecule has 39 heavy (non-hydrogen) atoms. The van der Waals surface area contributed by atoms with Gasteiger partial charge in [0.1, 0.15) is 6.54 Å². The van der Waals surface area contributed by atoms with E-state index < -0.39 is 36.6 Å². The predicted octanol–water partition coefficient (Wildman–Crippen LogP) is 4.19. The van der Waals surface area contributed by atoms with E-state index in [9.17, 15) is 27.9 Å². The number of aliphatic hydroxyl groups is 1. The highest BCUT2D eigenvalue weighted by molar-refractivity contribution is 6.32. The van der Waals surface area contributed by atoms with Crippen molar-refractivity contribution in [1.82, 2.24) is 29.1 Å². The maximum atomic E-state index is 13.2. The first kappa shape index (κ1) is 28.3. The van der Waals surface area contributed by atoms with Crippen LogP contribution in [0.25, 0.3) is 17.1 Å². The zero-order chi connectivity index (χ0) is 28.5. The Morgan fingerprint density at radius 3 is 2.38 bits per heavy atom. The molecule has 4 rings (SSSR count). The summed E-state index contributed by atoms with van der Waals surface area (Å²) in [5, 5.41) is 19.0. The van der Waals surface area contributed by atoms with Crippen LogP contribution in [0, 0.1) is 0 Å². The number of hydrogen-bond acceptors (Lipinski definition) is 7. The lowest BCUT2D eigenvalue weighted by Gasteiger charge is -2.15. The van der Waals surface area contributed by atoms with Crippen molar-refractivity contribution in [3.05, 3.63) is 80.7 Å². The van der Waals surface area contributed by atoms with Crippen LogP contribution in [-0.4, -0.2) is 52.5 Å². The van der Waals surface area contributed by atoms with Gasteiger partial charge in [-0.25, -0.2) is 19.1 Å². The van der Waals surface area contributed by atoms with E-state index in [1.54, 1.807) is 31.2 Å². The molecule has 0 spiro atoms. The summed E-state index contributed by atoms with van der Waals surface area (Å²) in [6, 6.07) is 12.6. The van der Waals surface area contributed by atoms with Crippen LogP contribution in [0.3, 0.4) is 0 Å². The predicted molar refractivity (Wildman–Crippen MR) is 135 cm³/mol. The van der Waals surface area contributed by atoms with Gasteiger partial charge in [-0.1, -0.05) is 35.3 Å². The van der Waals surface area contributed by atoms with Gasteiger partial charge < -0.3 is 9.84 Å². The third-order valence-electron chi connectivity index (χ3n) is 5.51. The van der Waals surface area contributed by atoms with Crippen molar-refractivity contribution < 1.29 is 27.8 Å². The molecule has 0 unspecified atom stereocenters. The van der Waals surface area contributed by atoms with Crippen molar-refractivity contribution in [2.75, 3.05) is 0 Å². The molecule has 0 saturated heterocycles. The third kappa shape index (κ3) is 6.32. The van der Waals surface area contributed by atoms with Crippen LogP contribution >= 0.6 is 23.2 Å². The smallest absolute Gasteiger partial charge is 0.416 e. The first-order valence-electron chi connectivity index (χ1n) is 11.4. The number of esters is 1. The fourth-order valence-corrected chi connectivity index (χ4v) is 4.07. The second-order valence-electron chi connectivity index (χ2n) is 8.44. The van der Waals surface area contributed by atoms with Gasteiger partial charge in [0.25, 0.3) is 0 Å². The molecule has 0 amide bonds. The first-order valence-corrected chi connectivity index (χ1v) is 12.2. The topological polar surface area (TPSA) is 117 Å². The zero-order valence-electron chi connectivity index (χ0n) is 20.4. The molecule has 2 aromatic heterocycles. The first-order chi connectivity index (χ1) is 18.3. The molecule has 0 saturated carbocycles. The molecular formula is C24H21Cl2F3N6O4. The van der Waals surface area contributed by atoms with Crippen molar-refractivity contribution in [3.8, 4) is 17.1 Å². The molecule has 4 aromatic rings.